The van der Waals surface area contributed by atoms with Gasteiger partial charge in [-0.05, 0) is 37.1 Å². The molecule has 1 atom stereocenters. The molecule has 23 heavy (non-hydrogen) atoms. The van der Waals surface area contributed by atoms with Crippen LogP contribution in [0.4, 0.5) is 0 Å². The van der Waals surface area contributed by atoms with Crippen LogP contribution in [-0.2, 0) is 9.59 Å². The lowest BCUT2D eigenvalue weighted by molar-refractivity contribution is -0.148. The summed E-state index contributed by atoms with van der Waals surface area (Å²) in [7, 11) is 0. The molecule has 0 spiro atoms. The molecule has 2 amide bonds. The summed E-state index contributed by atoms with van der Waals surface area (Å²) in [6, 6.07) is 6.73. The van der Waals surface area contributed by atoms with E-state index in [9.17, 15) is 9.59 Å². The van der Waals surface area contributed by atoms with E-state index in [1.807, 2.05) is 12.1 Å². The van der Waals surface area contributed by atoms with Gasteiger partial charge in [-0.1, -0.05) is 23.7 Å². The molecule has 1 aromatic rings. The number of halogens is 1. The van der Waals surface area contributed by atoms with Crippen LogP contribution in [0.15, 0.2) is 30.3 Å². The van der Waals surface area contributed by atoms with Crippen LogP contribution < -0.4 is 0 Å². The Morgan fingerprint density at radius 3 is 2.91 bits per heavy atom. The maximum absolute atomic E-state index is 12.3. The first-order valence-electron chi connectivity index (χ1n) is 7.67. The lowest BCUT2D eigenvalue weighted by Crippen LogP contribution is -2.57. The second-order valence-electron chi connectivity index (χ2n) is 5.50. The van der Waals surface area contributed by atoms with Crippen molar-refractivity contribution in [3.8, 4) is 0 Å². The number of aliphatic hydroxyl groups excluding tert-OH is 1. The topological polar surface area (TPSA) is 60.9 Å². The fourth-order valence-corrected chi connectivity index (χ4v) is 2.79. The molecular weight excluding hydrogens is 316 g/mol. The fourth-order valence-electron chi connectivity index (χ4n) is 2.59. The van der Waals surface area contributed by atoms with Crippen LogP contribution in [0.3, 0.4) is 0 Å². The Balaban J connectivity index is 1.99. The summed E-state index contributed by atoms with van der Waals surface area (Å²) >= 11 is 5.91. The highest BCUT2D eigenvalue weighted by molar-refractivity contribution is 6.30. The maximum Gasteiger partial charge on any atom is 0.247 e. The van der Waals surface area contributed by atoms with Crippen molar-refractivity contribution in [2.24, 2.45) is 0 Å². The molecule has 0 bridgehead atoms. The molecule has 1 heterocycles. The standard InChI is InChI=1S/C17H21ClN2O3/c1-13-17(23)19(8-3-11-21)9-10-20(13)16(22)7-6-14-4-2-5-15(18)12-14/h2,4-7,12-13,21H,3,8-11H2,1H3. The Kier molecular flexibility index (Phi) is 6.19. The van der Waals surface area contributed by atoms with Gasteiger partial charge in [0.2, 0.25) is 11.8 Å². The molecule has 0 aliphatic carbocycles. The van der Waals surface area contributed by atoms with Gasteiger partial charge in [0.1, 0.15) is 6.04 Å². The Hall–Kier alpha value is -1.85. The number of hydrogen-bond acceptors (Lipinski definition) is 3. The highest BCUT2D eigenvalue weighted by atomic mass is 35.5. The van der Waals surface area contributed by atoms with Crippen LogP contribution >= 0.6 is 11.6 Å². The molecule has 5 nitrogen and oxygen atoms in total. The Morgan fingerprint density at radius 1 is 1.43 bits per heavy atom. The fraction of sp³-hybridized carbons (Fsp3) is 0.412. The normalized spacial score (nSPS) is 18.7. The minimum atomic E-state index is -0.487. The van der Waals surface area contributed by atoms with Gasteiger partial charge in [-0.25, -0.2) is 0 Å². The van der Waals surface area contributed by atoms with Crippen molar-refractivity contribution >= 4 is 29.5 Å². The van der Waals surface area contributed by atoms with E-state index >= 15 is 0 Å². The highest BCUT2D eigenvalue weighted by Gasteiger charge is 2.32. The molecular formula is C17H21ClN2O3. The average molecular weight is 337 g/mol. The zero-order valence-corrected chi connectivity index (χ0v) is 13.9. The lowest BCUT2D eigenvalue weighted by Gasteiger charge is -2.38. The summed E-state index contributed by atoms with van der Waals surface area (Å²) in [6.07, 6.45) is 3.73. The van der Waals surface area contributed by atoms with Crippen LogP contribution in [0.5, 0.6) is 0 Å². The van der Waals surface area contributed by atoms with Crippen LogP contribution in [0.2, 0.25) is 5.02 Å². The maximum atomic E-state index is 12.3. The first kappa shape index (κ1) is 17.5. The Labute approximate surface area is 141 Å². The number of rotatable bonds is 5. The second kappa shape index (κ2) is 8.13. The molecule has 1 unspecified atom stereocenters. The van der Waals surface area contributed by atoms with Gasteiger partial charge in [-0.2, -0.15) is 0 Å². The van der Waals surface area contributed by atoms with Crippen LogP contribution in [0.25, 0.3) is 6.08 Å². The molecule has 1 aliphatic rings. The van der Waals surface area contributed by atoms with E-state index < -0.39 is 6.04 Å². The summed E-state index contributed by atoms with van der Waals surface area (Å²) in [5.41, 5.74) is 0.839. The zero-order chi connectivity index (χ0) is 16.8. The van der Waals surface area contributed by atoms with Gasteiger partial charge < -0.3 is 14.9 Å². The number of hydrogen-bond donors (Lipinski definition) is 1. The predicted octanol–water partition coefficient (Wildman–Crippen LogP) is 1.79. The van der Waals surface area contributed by atoms with Gasteiger partial charge in [-0.3, -0.25) is 9.59 Å². The number of benzene rings is 1. The van der Waals surface area contributed by atoms with Crippen LogP contribution in [-0.4, -0.2) is 59.0 Å². The number of nitrogens with zero attached hydrogens (tertiary/aromatic N) is 2. The zero-order valence-electron chi connectivity index (χ0n) is 13.1. The van der Waals surface area contributed by atoms with E-state index in [1.165, 1.54) is 6.08 Å². The molecule has 124 valence electrons. The summed E-state index contributed by atoms with van der Waals surface area (Å²) in [5, 5.41) is 9.48. The van der Waals surface area contributed by atoms with E-state index in [1.54, 1.807) is 34.9 Å². The Bertz CT molecular complexity index is 603. The number of piperazine rings is 1. The van der Waals surface area contributed by atoms with Crippen LogP contribution in [0.1, 0.15) is 18.9 Å². The quantitative estimate of drug-likeness (QED) is 0.834. The molecule has 0 radical (unpaired) electrons. The molecule has 1 saturated heterocycles. The lowest BCUT2D eigenvalue weighted by atomic mass is 10.1. The SMILES string of the molecule is CC1C(=O)N(CCCO)CCN1C(=O)C=Cc1cccc(Cl)c1. The predicted molar refractivity (Wildman–Crippen MR) is 89.9 cm³/mol. The van der Waals surface area contributed by atoms with Crippen molar-refractivity contribution in [1.82, 2.24) is 9.80 Å². The van der Waals surface area contributed by atoms with Crippen molar-refractivity contribution < 1.29 is 14.7 Å². The van der Waals surface area contributed by atoms with E-state index in [0.29, 0.717) is 31.1 Å². The third-order valence-corrected chi connectivity index (χ3v) is 4.12. The van der Waals surface area contributed by atoms with Gasteiger partial charge in [0.15, 0.2) is 0 Å². The van der Waals surface area contributed by atoms with Crippen molar-refractivity contribution in [3.05, 3.63) is 40.9 Å². The van der Waals surface area contributed by atoms with E-state index in [2.05, 4.69) is 0 Å². The monoisotopic (exact) mass is 336 g/mol. The smallest absolute Gasteiger partial charge is 0.247 e. The van der Waals surface area contributed by atoms with Gasteiger partial charge in [0.25, 0.3) is 0 Å². The number of amides is 2. The highest BCUT2D eigenvalue weighted by Crippen LogP contribution is 2.15. The third kappa shape index (κ3) is 4.56. The van der Waals surface area contributed by atoms with Crippen molar-refractivity contribution in [3.63, 3.8) is 0 Å². The molecule has 6 heteroatoms. The second-order valence-corrected chi connectivity index (χ2v) is 5.93. The summed E-state index contributed by atoms with van der Waals surface area (Å²) in [5.74, 6) is -0.262. The molecule has 2 rings (SSSR count). The number of aliphatic hydroxyl groups is 1. The average Bonchev–Trinajstić information content (AvgIpc) is 2.54. The summed E-state index contributed by atoms with van der Waals surface area (Å²) < 4.78 is 0. The molecule has 1 N–H and O–H groups in total. The third-order valence-electron chi connectivity index (χ3n) is 3.88. The van der Waals surface area contributed by atoms with Crippen molar-refractivity contribution in [2.45, 2.75) is 19.4 Å². The van der Waals surface area contributed by atoms with E-state index in [4.69, 9.17) is 16.7 Å². The molecule has 1 fully saturated rings. The van der Waals surface area contributed by atoms with E-state index in [-0.39, 0.29) is 18.4 Å². The molecule has 1 aromatic carbocycles. The van der Waals surface area contributed by atoms with Gasteiger partial charge in [-0.15, -0.1) is 0 Å². The minimum absolute atomic E-state index is 0.0587. The first-order chi connectivity index (χ1) is 11.0. The van der Waals surface area contributed by atoms with Crippen molar-refractivity contribution in [2.75, 3.05) is 26.2 Å². The Morgan fingerprint density at radius 2 is 2.22 bits per heavy atom. The minimum Gasteiger partial charge on any atom is -0.396 e. The van der Waals surface area contributed by atoms with Gasteiger partial charge in [0, 0.05) is 37.3 Å². The van der Waals surface area contributed by atoms with E-state index in [0.717, 1.165) is 5.56 Å². The summed E-state index contributed by atoms with van der Waals surface area (Å²) in [6.45, 7) is 3.32. The molecule has 0 aromatic heterocycles. The van der Waals surface area contributed by atoms with Gasteiger partial charge in [0.05, 0.1) is 0 Å². The number of carbonyl (C=O) groups is 2. The molecule has 1 aliphatic heterocycles. The first-order valence-corrected chi connectivity index (χ1v) is 8.04. The molecule has 0 saturated carbocycles. The van der Waals surface area contributed by atoms with Gasteiger partial charge >= 0.3 is 0 Å². The van der Waals surface area contributed by atoms with Crippen LogP contribution in [0, 0.1) is 0 Å². The number of carbonyl (C=O) groups excluding carboxylic acids is 2. The van der Waals surface area contributed by atoms with Crippen molar-refractivity contribution in [1.29, 1.82) is 0 Å². The largest absolute Gasteiger partial charge is 0.396 e. The summed E-state index contributed by atoms with van der Waals surface area (Å²) in [4.78, 5) is 27.9.